The summed E-state index contributed by atoms with van der Waals surface area (Å²) in [4.78, 5) is 17.5. The van der Waals surface area contributed by atoms with Crippen LogP contribution in [0.2, 0.25) is 0 Å². The van der Waals surface area contributed by atoms with Crippen LogP contribution in [0.25, 0.3) is 0 Å². The quantitative estimate of drug-likeness (QED) is 0.921. The number of carbonyl (C=O) groups excluding carboxylic acids is 1. The molecule has 1 amide bonds. The Morgan fingerprint density at radius 1 is 1.50 bits per heavy atom. The van der Waals surface area contributed by atoms with Crippen molar-refractivity contribution < 1.29 is 9.53 Å². The first-order valence-electron chi connectivity index (χ1n) is 7.38. The number of carbonyl (C=O) groups is 1. The first kappa shape index (κ1) is 15.1. The first-order chi connectivity index (χ1) is 10.7. The van der Waals surface area contributed by atoms with Gasteiger partial charge in [-0.15, -0.1) is 0 Å². The molecule has 0 aliphatic carbocycles. The standard InChI is InChI=1S/C16H19N3O2S/c1-19-9-8-17-16(19)22-14-7-3-2-6-13(14)18-15(20)11-12-5-4-10-21-12/h2-3,6-9,12H,4-5,10-11H2,1H3,(H,18,20). The average Bonchev–Trinajstić information content (AvgIpc) is 3.14. The van der Waals surface area contributed by atoms with Gasteiger partial charge in [-0.05, 0) is 36.7 Å². The van der Waals surface area contributed by atoms with Crippen LogP contribution in [0.15, 0.2) is 46.7 Å². The molecule has 22 heavy (non-hydrogen) atoms. The molecule has 0 saturated carbocycles. The summed E-state index contributed by atoms with van der Waals surface area (Å²) in [7, 11) is 1.95. The number of imidazole rings is 1. The Labute approximate surface area is 134 Å². The van der Waals surface area contributed by atoms with Gasteiger partial charge in [0.2, 0.25) is 5.91 Å². The van der Waals surface area contributed by atoms with E-state index in [1.54, 1.807) is 6.20 Å². The zero-order valence-corrected chi connectivity index (χ0v) is 13.3. The van der Waals surface area contributed by atoms with Crippen LogP contribution in [0.3, 0.4) is 0 Å². The van der Waals surface area contributed by atoms with Crippen molar-refractivity contribution in [3.05, 3.63) is 36.7 Å². The van der Waals surface area contributed by atoms with Gasteiger partial charge >= 0.3 is 0 Å². The van der Waals surface area contributed by atoms with Gasteiger partial charge in [0, 0.05) is 30.9 Å². The van der Waals surface area contributed by atoms with Crippen LogP contribution in [0, 0.1) is 0 Å². The summed E-state index contributed by atoms with van der Waals surface area (Å²) in [5.74, 6) is -0.000194. The van der Waals surface area contributed by atoms with E-state index in [1.165, 1.54) is 11.8 Å². The van der Waals surface area contributed by atoms with Crippen molar-refractivity contribution in [2.75, 3.05) is 11.9 Å². The molecule has 116 valence electrons. The van der Waals surface area contributed by atoms with E-state index in [0.29, 0.717) is 6.42 Å². The number of nitrogens with zero attached hydrogens (tertiary/aromatic N) is 2. The Morgan fingerprint density at radius 3 is 3.09 bits per heavy atom. The zero-order valence-electron chi connectivity index (χ0n) is 12.5. The Bertz CT molecular complexity index is 650. The Hall–Kier alpha value is -1.79. The molecular weight excluding hydrogens is 298 g/mol. The lowest BCUT2D eigenvalue weighted by atomic mass is 10.2. The van der Waals surface area contributed by atoms with Gasteiger partial charge in [-0.3, -0.25) is 4.79 Å². The van der Waals surface area contributed by atoms with Crippen LogP contribution >= 0.6 is 11.8 Å². The maximum Gasteiger partial charge on any atom is 0.227 e. The number of ether oxygens (including phenoxy) is 1. The zero-order chi connectivity index (χ0) is 15.4. The van der Waals surface area contributed by atoms with Crippen LogP contribution in [0.1, 0.15) is 19.3 Å². The van der Waals surface area contributed by atoms with Gasteiger partial charge < -0.3 is 14.6 Å². The summed E-state index contributed by atoms with van der Waals surface area (Å²) < 4.78 is 7.47. The van der Waals surface area contributed by atoms with Gasteiger partial charge in [0.15, 0.2) is 5.16 Å². The largest absolute Gasteiger partial charge is 0.378 e. The van der Waals surface area contributed by atoms with E-state index in [2.05, 4.69) is 10.3 Å². The van der Waals surface area contributed by atoms with Crippen molar-refractivity contribution >= 4 is 23.4 Å². The van der Waals surface area contributed by atoms with Crippen LogP contribution in [0.4, 0.5) is 5.69 Å². The van der Waals surface area contributed by atoms with Gasteiger partial charge in [-0.25, -0.2) is 4.98 Å². The molecule has 1 aliphatic rings. The second-order valence-electron chi connectivity index (χ2n) is 5.31. The van der Waals surface area contributed by atoms with Crippen molar-refractivity contribution in [1.82, 2.24) is 9.55 Å². The number of hydrogen-bond donors (Lipinski definition) is 1. The van der Waals surface area contributed by atoms with Gasteiger partial charge in [0.25, 0.3) is 0 Å². The third kappa shape index (κ3) is 3.69. The minimum absolute atomic E-state index is 0.000194. The molecule has 1 atom stereocenters. The predicted octanol–water partition coefficient (Wildman–Crippen LogP) is 3.08. The predicted molar refractivity (Wildman–Crippen MR) is 86.0 cm³/mol. The monoisotopic (exact) mass is 317 g/mol. The highest BCUT2D eigenvalue weighted by atomic mass is 32.2. The number of benzene rings is 1. The SMILES string of the molecule is Cn1ccnc1Sc1ccccc1NC(=O)CC1CCCO1. The summed E-state index contributed by atoms with van der Waals surface area (Å²) in [6.45, 7) is 0.767. The Morgan fingerprint density at radius 2 is 2.36 bits per heavy atom. The van der Waals surface area contributed by atoms with Gasteiger partial charge in [-0.2, -0.15) is 0 Å². The Balaban J connectivity index is 1.68. The fourth-order valence-corrected chi connectivity index (χ4v) is 3.31. The number of para-hydroxylation sites is 1. The Kier molecular flexibility index (Phi) is 4.80. The summed E-state index contributed by atoms with van der Waals surface area (Å²) in [5.41, 5.74) is 0.818. The molecule has 1 unspecified atom stereocenters. The molecule has 1 aromatic heterocycles. The molecule has 0 spiro atoms. The minimum Gasteiger partial charge on any atom is -0.378 e. The molecule has 5 nitrogen and oxygen atoms in total. The van der Waals surface area contributed by atoms with Gasteiger partial charge in [0.05, 0.1) is 18.2 Å². The molecule has 1 fully saturated rings. The number of amides is 1. The third-order valence-corrected chi connectivity index (χ3v) is 4.73. The van der Waals surface area contributed by atoms with E-state index in [1.807, 2.05) is 42.1 Å². The fraction of sp³-hybridized carbons (Fsp3) is 0.375. The molecule has 0 bridgehead atoms. The van der Waals surface area contributed by atoms with Crippen LogP contribution < -0.4 is 5.32 Å². The molecule has 1 aliphatic heterocycles. The molecule has 0 radical (unpaired) electrons. The van der Waals surface area contributed by atoms with Crippen molar-refractivity contribution in [2.24, 2.45) is 7.05 Å². The average molecular weight is 317 g/mol. The highest BCUT2D eigenvalue weighted by molar-refractivity contribution is 7.99. The lowest BCUT2D eigenvalue weighted by Crippen LogP contribution is -2.19. The van der Waals surface area contributed by atoms with Crippen LogP contribution in [-0.2, 0) is 16.6 Å². The summed E-state index contributed by atoms with van der Waals surface area (Å²) >= 11 is 1.54. The van der Waals surface area contributed by atoms with Crippen molar-refractivity contribution in [2.45, 2.75) is 35.4 Å². The van der Waals surface area contributed by atoms with Gasteiger partial charge in [0.1, 0.15) is 0 Å². The van der Waals surface area contributed by atoms with Crippen LogP contribution in [-0.4, -0.2) is 28.2 Å². The molecule has 3 rings (SSSR count). The molecular formula is C16H19N3O2S. The third-order valence-electron chi connectivity index (χ3n) is 3.58. The van der Waals surface area contributed by atoms with E-state index in [-0.39, 0.29) is 12.0 Å². The van der Waals surface area contributed by atoms with Crippen molar-refractivity contribution in [3.63, 3.8) is 0 Å². The number of anilines is 1. The first-order valence-corrected chi connectivity index (χ1v) is 8.19. The lowest BCUT2D eigenvalue weighted by Gasteiger charge is -2.12. The number of hydrogen-bond acceptors (Lipinski definition) is 4. The summed E-state index contributed by atoms with van der Waals surface area (Å²) in [6.07, 6.45) is 6.17. The lowest BCUT2D eigenvalue weighted by molar-refractivity contribution is -0.118. The van der Waals surface area contributed by atoms with Gasteiger partial charge in [-0.1, -0.05) is 12.1 Å². The normalized spacial score (nSPS) is 17.6. The number of rotatable bonds is 5. The van der Waals surface area contributed by atoms with Crippen molar-refractivity contribution in [1.29, 1.82) is 0 Å². The summed E-state index contributed by atoms with van der Waals surface area (Å²) in [6, 6.07) is 7.78. The van der Waals surface area contributed by atoms with E-state index in [4.69, 9.17) is 4.74 Å². The highest BCUT2D eigenvalue weighted by Crippen LogP contribution is 2.32. The number of nitrogens with one attached hydrogen (secondary N) is 1. The summed E-state index contributed by atoms with van der Waals surface area (Å²) in [5, 5.41) is 3.88. The number of aryl methyl sites for hydroxylation is 1. The minimum atomic E-state index is -0.000194. The highest BCUT2D eigenvalue weighted by Gasteiger charge is 2.19. The molecule has 1 N–H and O–H groups in total. The topological polar surface area (TPSA) is 56.2 Å². The van der Waals surface area contributed by atoms with E-state index in [9.17, 15) is 4.79 Å². The number of aromatic nitrogens is 2. The molecule has 2 heterocycles. The second kappa shape index (κ2) is 6.98. The second-order valence-corrected chi connectivity index (χ2v) is 6.32. The van der Waals surface area contributed by atoms with E-state index >= 15 is 0 Å². The van der Waals surface area contributed by atoms with Crippen molar-refractivity contribution in [3.8, 4) is 0 Å². The van der Waals surface area contributed by atoms with E-state index in [0.717, 1.165) is 35.2 Å². The molecule has 1 saturated heterocycles. The molecule has 6 heteroatoms. The van der Waals surface area contributed by atoms with Crippen LogP contribution in [0.5, 0.6) is 0 Å². The smallest absolute Gasteiger partial charge is 0.227 e. The molecule has 2 aromatic rings. The maximum atomic E-state index is 12.2. The maximum absolute atomic E-state index is 12.2. The molecule has 1 aromatic carbocycles. The fourth-order valence-electron chi connectivity index (χ4n) is 2.42. The van der Waals surface area contributed by atoms with E-state index < -0.39 is 0 Å².